The maximum Gasteiger partial charge on any atom is 0.281 e. The van der Waals surface area contributed by atoms with E-state index in [0.29, 0.717) is 12.1 Å². The Balaban J connectivity index is 4.15. The zero-order valence-corrected chi connectivity index (χ0v) is 10.4. The van der Waals surface area contributed by atoms with E-state index in [0.717, 1.165) is 12.6 Å². The average molecular weight is 207 g/mol. The first-order valence-electron chi connectivity index (χ1n) is 5.06. The molecule has 0 amide bonds. The van der Waals surface area contributed by atoms with Crippen molar-refractivity contribution in [2.45, 2.75) is 53.1 Å². The van der Waals surface area contributed by atoms with Gasteiger partial charge in [0, 0.05) is 12.1 Å². The van der Waals surface area contributed by atoms with Crippen LogP contribution in [0.15, 0.2) is 0 Å². The summed E-state index contributed by atoms with van der Waals surface area (Å²) in [5, 5.41) is 6.49. The third kappa shape index (κ3) is 6.39. The van der Waals surface area contributed by atoms with Crippen molar-refractivity contribution in [3.63, 3.8) is 0 Å². The third-order valence-corrected chi connectivity index (χ3v) is 4.47. The van der Waals surface area contributed by atoms with Gasteiger partial charge in [-0.1, -0.05) is 6.92 Å². The van der Waals surface area contributed by atoms with E-state index in [1.54, 1.807) is 0 Å². The number of nitrogens with one attached hydrogen (secondary N) is 2. The van der Waals surface area contributed by atoms with Gasteiger partial charge in [0.2, 0.25) is 0 Å². The zero-order chi connectivity index (χ0) is 10.5. The Morgan fingerprint density at radius 1 is 1.08 bits per heavy atom. The van der Waals surface area contributed by atoms with Gasteiger partial charge in [0.05, 0.1) is 0 Å². The van der Waals surface area contributed by atoms with Gasteiger partial charge in [0.1, 0.15) is 6.16 Å². The van der Waals surface area contributed by atoms with Gasteiger partial charge in [-0.2, -0.15) is 0 Å². The van der Waals surface area contributed by atoms with Crippen molar-refractivity contribution >= 4 is 7.79 Å². The van der Waals surface area contributed by atoms with Crippen LogP contribution in [-0.4, -0.2) is 23.1 Å². The van der Waals surface area contributed by atoms with Gasteiger partial charge in [-0.25, -0.2) is 4.89 Å². The maximum atomic E-state index is 10.2. The number of rotatable bonds is 6. The lowest BCUT2D eigenvalue weighted by molar-refractivity contribution is 0.523. The first-order valence-corrected chi connectivity index (χ1v) is 6.98. The van der Waals surface area contributed by atoms with Crippen molar-refractivity contribution in [2.24, 2.45) is 0 Å². The summed E-state index contributed by atoms with van der Waals surface area (Å²) in [4.78, 5) is 10.2. The van der Waals surface area contributed by atoms with E-state index in [1.807, 2.05) is 0 Å². The molecule has 0 aliphatic carbocycles. The molecule has 80 valence electrons. The summed E-state index contributed by atoms with van der Waals surface area (Å²) in [5.41, 5.74) is 0. The molecule has 0 saturated heterocycles. The van der Waals surface area contributed by atoms with E-state index in [2.05, 4.69) is 44.8 Å². The second-order valence-corrected chi connectivity index (χ2v) is 6.56. The van der Waals surface area contributed by atoms with Crippen molar-refractivity contribution in [3.05, 3.63) is 0 Å². The van der Waals surface area contributed by atoms with E-state index < -0.39 is 7.79 Å². The Morgan fingerprint density at radius 3 is 1.69 bits per heavy atom. The SMILES string of the molecule is CCC[P+](O)(NC(C)C)NC(C)C. The lowest BCUT2D eigenvalue weighted by atomic mass is 10.4. The highest BCUT2D eigenvalue weighted by molar-refractivity contribution is 7.66. The highest BCUT2D eigenvalue weighted by Crippen LogP contribution is 2.46. The molecule has 0 aliphatic heterocycles. The van der Waals surface area contributed by atoms with Crippen LogP contribution >= 0.6 is 7.79 Å². The van der Waals surface area contributed by atoms with Crippen LogP contribution in [0.2, 0.25) is 0 Å². The van der Waals surface area contributed by atoms with Gasteiger partial charge < -0.3 is 0 Å². The molecule has 0 fully saturated rings. The van der Waals surface area contributed by atoms with E-state index in [1.165, 1.54) is 0 Å². The summed E-state index contributed by atoms with van der Waals surface area (Å²) in [6.45, 7) is 10.3. The molecule has 0 aromatic rings. The van der Waals surface area contributed by atoms with Crippen LogP contribution in [0.25, 0.3) is 0 Å². The molecular weight excluding hydrogens is 183 g/mol. The normalized spacial score (nSPS) is 12.9. The number of hydrogen-bond donors (Lipinski definition) is 3. The summed E-state index contributed by atoms with van der Waals surface area (Å²) >= 11 is 0. The molecular formula is C9H24N2OP+. The van der Waals surface area contributed by atoms with Crippen LogP contribution < -0.4 is 10.2 Å². The largest absolute Gasteiger partial charge is 0.281 e. The summed E-state index contributed by atoms with van der Waals surface area (Å²) in [5.74, 6) is 0. The molecule has 0 saturated carbocycles. The van der Waals surface area contributed by atoms with Crippen molar-refractivity contribution in [3.8, 4) is 0 Å². The smallest absolute Gasteiger partial charge is 0.213 e. The molecule has 4 heteroatoms. The topological polar surface area (TPSA) is 44.3 Å². The van der Waals surface area contributed by atoms with E-state index in [4.69, 9.17) is 0 Å². The van der Waals surface area contributed by atoms with Gasteiger partial charge >= 0.3 is 0 Å². The monoisotopic (exact) mass is 207 g/mol. The van der Waals surface area contributed by atoms with Gasteiger partial charge in [-0.05, 0) is 34.1 Å². The molecule has 0 spiro atoms. The molecule has 0 heterocycles. The highest BCUT2D eigenvalue weighted by atomic mass is 31.2. The molecule has 0 atom stereocenters. The van der Waals surface area contributed by atoms with Crippen LogP contribution in [0, 0.1) is 0 Å². The molecule has 13 heavy (non-hydrogen) atoms. The van der Waals surface area contributed by atoms with Crippen molar-refractivity contribution in [1.29, 1.82) is 0 Å². The van der Waals surface area contributed by atoms with Crippen molar-refractivity contribution in [1.82, 2.24) is 10.2 Å². The zero-order valence-electron chi connectivity index (χ0n) is 9.46. The molecule has 3 nitrogen and oxygen atoms in total. The van der Waals surface area contributed by atoms with Crippen LogP contribution in [0.4, 0.5) is 0 Å². The minimum Gasteiger partial charge on any atom is -0.213 e. The molecule has 0 bridgehead atoms. The average Bonchev–Trinajstić information content (AvgIpc) is 1.81. The quantitative estimate of drug-likeness (QED) is 0.585. The van der Waals surface area contributed by atoms with Crippen LogP contribution in [-0.2, 0) is 0 Å². The maximum absolute atomic E-state index is 10.2. The minimum absolute atomic E-state index is 0.330. The Morgan fingerprint density at radius 2 is 1.46 bits per heavy atom. The summed E-state index contributed by atoms with van der Waals surface area (Å²) in [7, 11) is -2.08. The summed E-state index contributed by atoms with van der Waals surface area (Å²) in [6, 6.07) is 0.660. The fourth-order valence-corrected chi connectivity index (χ4v) is 4.03. The standard InChI is InChI=1S/C9H24N2OP/c1-6-7-13(12,10-8(2)3)11-9(4)5/h8-12H,6-7H2,1-5H3/q+1. The first kappa shape index (κ1) is 13.3. The Hall–Kier alpha value is 0.310. The Bertz CT molecular complexity index is 130. The Kier molecular flexibility index (Phi) is 6.06. The van der Waals surface area contributed by atoms with Crippen LogP contribution in [0.5, 0.6) is 0 Å². The minimum atomic E-state index is -2.08. The van der Waals surface area contributed by atoms with E-state index in [9.17, 15) is 4.89 Å². The Labute approximate surface area is 82.8 Å². The third-order valence-electron chi connectivity index (χ3n) is 1.49. The van der Waals surface area contributed by atoms with Crippen molar-refractivity contribution < 1.29 is 4.89 Å². The fourth-order valence-electron chi connectivity index (χ4n) is 1.34. The van der Waals surface area contributed by atoms with Crippen LogP contribution in [0.1, 0.15) is 41.0 Å². The van der Waals surface area contributed by atoms with Gasteiger partial charge in [0.25, 0.3) is 7.79 Å². The lowest BCUT2D eigenvalue weighted by Crippen LogP contribution is -2.37. The molecule has 0 rings (SSSR count). The highest BCUT2D eigenvalue weighted by Gasteiger charge is 2.36. The predicted octanol–water partition coefficient (Wildman–Crippen LogP) is 2.15. The lowest BCUT2D eigenvalue weighted by Gasteiger charge is -2.24. The van der Waals surface area contributed by atoms with E-state index >= 15 is 0 Å². The molecule has 3 N–H and O–H groups in total. The second kappa shape index (κ2) is 5.92. The van der Waals surface area contributed by atoms with Crippen LogP contribution in [0.3, 0.4) is 0 Å². The van der Waals surface area contributed by atoms with Gasteiger partial charge in [-0.3, -0.25) is 0 Å². The molecule has 0 aromatic carbocycles. The number of hydrogen-bond acceptors (Lipinski definition) is 3. The van der Waals surface area contributed by atoms with E-state index in [-0.39, 0.29) is 0 Å². The molecule has 0 aliphatic rings. The molecule has 0 aromatic heterocycles. The predicted molar refractivity (Wildman–Crippen MR) is 60.8 cm³/mol. The van der Waals surface area contributed by atoms with Crippen molar-refractivity contribution in [2.75, 3.05) is 6.16 Å². The second-order valence-electron chi connectivity index (χ2n) is 4.06. The summed E-state index contributed by atoms with van der Waals surface area (Å²) < 4.78 is 0. The molecule has 0 unspecified atom stereocenters. The van der Waals surface area contributed by atoms with Gasteiger partial charge in [0.15, 0.2) is 0 Å². The fraction of sp³-hybridized carbons (Fsp3) is 1.00. The molecule has 0 radical (unpaired) electrons. The first-order chi connectivity index (χ1) is 5.89. The van der Waals surface area contributed by atoms with Gasteiger partial charge in [-0.15, -0.1) is 10.2 Å². The summed E-state index contributed by atoms with van der Waals surface area (Å²) in [6.07, 6.45) is 1.84.